The molecule has 0 saturated carbocycles. The maximum absolute atomic E-state index is 12.7. The van der Waals surface area contributed by atoms with Gasteiger partial charge in [-0.2, -0.15) is 0 Å². The summed E-state index contributed by atoms with van der Waals surface area (Å²) in [6.45, 7) is 6.52. The maximum atomic E-state index is 12.7. The van der Waals surface area contributed by atoms with Gasteiger partial charge in [0.15, 0.2) is 14.9 Å². The second-order valence-corrected chi connectivity index (χ2v) is 11.0. The van der Waals surface area contributed by atoms with Gasteiger partial charge in [-0.05, 0) is 32.9 Å². The summed E-state index contributed by atoms with van der Waals surface area (Å²) in [6.07, 6.45) is 5.86. The fourth-order valence-electron chi connectivity index (χ4n) is 3.22. The van der Waals surface area contributed by atoms with Crippen LogP contribution in [0.25, 0.3) is 0 Å². The van der Waals surface area contributed by atoms with Gasteiger partial charge in [-0.1, -0.05) is 0 Å². The van der Waals surface area contributed by atoms with Crippen LogP contribution in [0.3, 0.4) is 0 Å². The van der Waals surface area contributed by atoms with E-state index in [9.17, 15) is 18.0 Å². The van der Waals surface area contributed by atoms with Crippen LogP contribution in [0.1, 0.15) is 44.1 Å². The number of pyridine rings is 1. The summed E-state index contributed by atoms with van der Waals surface area (Å²) in [5.41, 5.74) is -0.0262. The highest BCUT2D eigenvalue weighted by Crippen LogP contribution is 2.20. The van der Waals surface area contributed by atoms with Crippen molar-refractivity contribution in [1.82, 2.24) is 19.9 Å². The lowest BCUT2D eigenvalue weighted by atomic mass is 10.1. The van der Waals surface area contributed by atoms with Crippen molar-refractivity contribution in [1.29, 1.82) is 0 Å². The van der Waals surface area contributed by atoms with Gasteiger partial charge in [0.1, 0.15) is 17.4 Å². The first-order chi connectivity index (χ1) is 15.8. The second kappa shape index (κ2) is 9.92. The van der Waals surface area contributed by atoms with Gasteiger partial charge in [0.25, 0.3) is 5.91 Å². The van der Waals surface area contributed by atoms with Gasteiger partial charge in [-0.3, -0.25) is 4.79 Å². The molecular weight excluding hydrogens is 462 g/mol. The molecule has 184 valence electrons. The van der Waals surface area contributed by atoms with Gasteiger partial charge < -0.3 is 19.3 Å². The van der Waals surface area contributed by atoms with Crippen LogP contribution in [-0.2, 0) is 14.6 Å². The van der Waals surface area contributed by atoms with Crippen LogP contribution >= 0.6 is 0 Å². The number of anilines is 1. The molecule has 2 aromatic rings. The highest BCUT2D eigenvalue weighted by atomic mass is 32.2. The van der Waals surface area contributed by atoms with E-state index < -0.39 is 21.3 Å². The van der Waals surface area contributed by atoms with E-state index >= 15 is 0 Å². The van der Waals surface area contributed by atoms with Gasteiger partial charge in [0, 0.05) is 39.2 Å². The molecule has 0 aliphatic carbocycles. The van der Waals surface area contributed by atoms with Crippen LogP contribution in [0.15, 0.2) is 35.7 Å². The number of ether oxygens (including phenoxy) is 2. The van der Waals surface area contributed by atoms with Gasteiger partial charge in [0.05, 0.1) is 24.3 Å². The van der Waals surface area contributed by atoms with E-state index in [0.29, 0.717) is 31.6 Å². The molecule has 1 saturated heterocycles. The lowest BCUT2D eigenvalue weighted by Gasteiger charge is -2.33. The average molecular weight is 492 g/mol. The molecule has 11 nitrogen and oxygen atoms in total. The Kier molecular flexibility index (Phi) is 7.39. The Labute approximate surface area is 199 Å². The number of piperidine rings is 1. The number of hydrogen-bond donors (Lipinski definition) is 0. The predicted octanol–water partition coefficient (Wildman–Crippen LogP) is 2.33. The van der Waals surface area contributed by atoms with Crippen molar-refractivity contribution < 1.29 is 27.5 Å². The molecule has 0 spiro atoms. The Hall–Kier alpha value is -3.28. The normalized spacial score (nSPS) is 15.0. The molecule has 0 radical (unpaired) electrons. The molecule has 2 aromatic heterocycles. The van der Waals surface area contributed by atoms with Crippen molar-refractivity contribution in [3.05, 3.63) is 36.4 Å². The first-order valence-corrected chi connectivity index (χ1v) is 12.6. The molecule has 3 heterocycles. The van der Waals surface area contributed by atoms with Crippen LogP contribution in [0.5, 0.6) is 5.88 Å². The summed E-state index contributed by atoms with van der Waals surface area (Å²) in [7, 11) is -1.89. The Morgan fingerprint density at radius 1 is 1.06 bits per heavy atom. The number of aromatic nitrogens is 3. The zero-order valence-electron chi connectivity index (χ0n) is 19.9. The van der Waals surface area contributed by atoms with E-state index in [-0.39, 0.29) is 28.8 Å². The molecule has 0 unspecified atom stereocenters. The molecule has 1 fully saturated rings. The van der Waals surface area contributed by atoms with Crippen LogP contribution in [0.2, 0.25) is 0 Å². The fraction of sp³-hybridized carbons (Fsp3) is 0.500. The molecule has 3 rings (SSSR count). The van der Waals surface area contributed by atoms with Gasteiger partial charge in [-0.15, -0.1) is 0 Å². The smallest absolute Gasteiger partial charge is 0.410 e. The molecule has 1 aliphatic heterocycles. The summed E-state index contributed by atoms with van der Waals surface area (Å²) < 4.78 is 34.3. The van der Waals surface area contributed by atoms with E-state index in [1.54, 1.807) is 4.90 Å². The minimum absolute atomic E-state index is 0.0738. The third kappa shape index (κ3) is 6.62. The van der Waals surface area contributed by atoms with Crippen LogP contribution in [0, 0.1) is 0 Å². The Balaban J connectivity index is 1.55. The van der Waals surface area contributed by atoms with E-state index in [1.807, 2.05) is 20.8 Å². The summed E-state index contributed by atoms with van der Waals surface area (Å²) in [5.74, 6) is -0.146. The maximum Gasteiger partial charge on any atom is 0.410 e. The number of rotatable bonds is 5. The fourth-order valence-corrected chi connectivity index (χ4v) is 3.78. The highest BCUT2D eigenvalue weighted by molar-refractivity contribution is 7.90. The molecule has 0 atom stereocenters. The van der Waals surface area contributed by atoms with Crippen molar-refractivity contribution in [3.8, 4) is 5.88 Å². The lowest BCUT2D eigenvalue weighted by Crippen LogP contribution is -2.44. The van der Waals surface area contributed by atoms with Crippen LogP contribution in [0.4, 0.5) is 10.5 Å². The Bertz CT molecular complexity index is 1120. The van der Waals surface area contributed by atoms with E-state index in [0.717, 1.165) is 6.26 Å². The van der Waals surface area contributed by atoms with Crippen LogP contribution < -0.4 is 9.64 Å². The Morgan fingerprint density at radius 2 is 1.74 bits per heavy atom. The quantitative estimate of drug-likeness (QED) is 0.618. The summed E-state index contributed by atoms with van der Waals surface area (Å²) >= 11 is 0. The van der Waals surface area contributed by atoms with E-state index in [2.05, 4.69) is 15.0 Å². The van der Waals surface area contributed by atoms with Crippen molar-refractivity contribution in [2.24, 2.45) is 0 Å². The number of carbonyl (C=O) groups is 2. The van der Waals surface area contributed by atoms with Crippen molar-refractivity contribution in [2.45, 2.75) is 50.3 Å². The third-order valence-electron chi connectivity index (χ3n) is 5.02. The lowest BCUT2D eigenvalue weighted by molar-refractivity contribution is 0.0122. The standard InChI is InChI=1S/C22H29N5O6S/c1-22(2,3)33-21(29)27-10-8-16(9-11-27)32-18-14-23-17(13-24-18)20(28)26(4)15-6-7-19(25-12-15)34(5,30)31/h6-7,12-14,16H,8-11H2,1-5H3. The highest BCUT2D eigenvalue weighted by Gasteiger charge is 2.28. The largest absolute Gasteiger partial charge is 0.473 e. The number of amides is 2. The van der Waals surface area contributed by atoms with E-state index in [1.165, 1.54) is 42.7 Å². The molecule has 12 heteroatoms. The number of hydrogen-bond acceptors (Lipinski definition) is 9. The minimum Gasteiger partial charge on any atom is -0.473 e. The van der Waals surface area contributed by atoms with Gasteiger partial charge in [-0.25, -0.2) is 28.2 Å². The molecule has 2 amide bonds. The third-order valence-corrected chi connectivity index (χ3v) is 6.02. The summed E-state index contributed by atoms with van der Waals surface area (Å²) in [4.78, 5) is 40.1. The number of carbonyl (C=O) groups excluding carboxylic acids is 2. The van der Waals surface area contributed by atoms with Crippen molar-refractivity contribution >= 4 is 27.5 Å². The second-order valence-electron chi connectivity index (χ2n) is 9.02. The first-order valence-electron chi connectivity index (χ1n) is 10.7. The zero-order valence-corrected chi connectivity index (χ0v) is 20.7. The Morgan fingerprint density at radius 3 is 2.24 bits per heavy atom. The average Bonchev–Trinajstić information content (AvgIpc) is 2.77. The molecule has 1 aliphatic rings. The number of sulfone groups is 1. The molecule has 0 aromatic carbocycles. The summed E-state index contributed by atoms with van der Waals surface area (Å²) in [6, 6.07) is 2.83. The SMILES string of the molecule is CN(C(=O)c1cnc(OC2CCN(C(=O)OC(C)(C)C)CC2)cn1)c1ccc(S(C)(=O)=O)nc1. The summed E-state index contributed by atoms with van der Waals surface area (Å²) in [5, 5.41) is -0.0738. The number of nitrogens with zero attached hydrogens (tertiary/aromatic N) is 5. The first kappa shape index (κ1) is 25.3. The number of likely N-dealkylation sites (tertiary alicyclic amines) is 1. The van der Waals surface area contributed by atoms with Gasteiger partial charge in [0.2, 0.25) is 5.88 Å². The topological polar surface area (TPSA) is 132 Å². The van der Waals surface area contributed by atoms with Crippen molar-refractivity contribution in [2.75, 3.05) is 31.3 Å². The zero-order chi connectivity index (χ0) is 25.1. The predicted molar refractivity (Wildman–Crippen MR) is 124 cm³/mol. The minimum atomic E-state index is -3.43. The van der Waals surface area contributed by atoms with Crippen molar-refractivity contribution in [3.63, 3.8) is 0 Å². The molecule has 0 N–H and O–H groups in total. The van der Waals surface area contributed by atoms with Gasteiger partial charge >= 0.3 is 6.09 Å². The van der Waals surface area contributed by atoms with Crippen LogP contribution in [-0.4, -0.2) is 78.4 Å². The molecular formula is C22H29N5O6S. The molecule has 0 bridgehead atoms. The monoisotopic (exact) mass is 491 g/mol. The molecule has 34 heavy (non-hydrogen) atoms. The van der Waals surface area contributed by atoms with E-state index in [4.69, 9.17) is 9.47 Å².